The molecule has 2 aromatic carbocycles. The number of carbonyl (C=O) groups is 1. The molecule has 8 nitrogen and oxygen atoms in total. The molecule has 1 unspecified atom stereocenters. The number of thiazole rings is 1. The summed E-state index contributed by atoms with van der Waals surface area (Å²) in [6, 6.07) is 13.6. The molecular formula is C28H31N3O5S2. The molecule has 200 valence electrons. The summed E-state index contributed by atoms with van der Waals surface area (Å²) < 4.78 is 40.4. The van der Waals surface area contributed by atoms with E-state index < -0.39 is 10.0 Å². The van der Waals surface area contributed by atoms with Crippen LogP contribution in [0.4, 0.5) is 5.13 Å². The molecule has 1 aliphatic rings. The van der Waals surface area contributed by atoms with Crippen LogP contribution in [0.3, 0.4) is 0 Å². The SMILES string of the molecule is CCC1CCCCN1S(=O)(=O)c1ccc(C(=O)N(Cc2ccco2)c2nc3c(OC)ccc(C)c3s2)cc1. The molecule has 1 aliphatic heterocycles. The van der Waals surface area contributed by atoms with Gasteiger partial charge < -0.3 is 9.15 Å². The average Bonchev–Trinajstić information content (AvgIpc) is 3.62. The molecule has 4 aromatic rings. The van der Waals surface area contributed by atoms with Gasteiger partial charge in [0.2, 0.25) is 10.0 Å². The molecule has 0 radical (unpaired) electrons. The van der Waals surface area contributed by atoms with Gasteiger partial charge in [0.15, 0.2) is 5.13 Å². The number of carbonyl (C=O) groups excluding carboxylic acids is 1. The Morgan fingerprint density at radius 3 is 2.66 bits per heavy atom. The van der Waals surface area contributed by atoms with Crippen LogP contribution in [0.15, 0.2) is 64.1 Å². The number of methoxy groups -OCH3 is 1. The van der Waals surface area contributed by atoms with Crippen LogP contribution in [0.5, 0.6) is 5.75 Å². The van der Waals surface area contributed by atoms with Crippen molar-refractivity contribution in [1.82, 2.24) is 9.29 Å². The molecule has 1 atom stereocenters. The Balaban J connectivity index is 1.48. The number of amides is 1. The van der Waals surface area contributed by atoms with Crippen LogP contribution in [0.1, 0.15) is 54.3 Å². The van der Waals surface area contributed by atoms with Crippen molar-refractivity contribution >= 4 is 42.6 Å². The van der Waals surface area contributed by atoms with Gasteiger partial charge >= 0.3 is 0 Å². The lowest BCUT2D eigenvalue weighted by molar-refractivity contribution is 0.0983. The number of hydrogen-bond donors (Lipinski definition) is 0. The van der Waals surface area contributed by atoms with E-state index in [0.717, 1.165) is 35.9 Å². The molecule has 0 aliphatic carbocycles. The van der Waals surface area contributed by atoms with E-state index >= 15 is 0 Å². The summed E-state index contributed by atoms with van der Waals surface area (Å²) in [5.74, 6) is 0.942. The second-order valence-corrected chi connectivity index (χ2v) is 12.3. The molecule has 1 saturated heterocycles. The standard InChI is InChI=1S/C28H31N3O5S2/c1-4-21-8-5-6-16-31(21)38(33,34)23-13-11-20(12-14-23)27(32)30(18-22-9-7-17-36-22)28-29-25-24(35-3)15-10-19(2)26(25)37-28/h7,9-15,17,21H,4-6,8,16,18H2,1-3H3. The number of sulfonamides is 1. The molecule has 38 heavy (non-hydrogen) atoms. The summed E-state index contributed by atoms with van der Waals surface area (Å²) in [4.78, 5) is 20.3. The third-order valence-corrected chi connectivity index (χ3v) is 10.2. The molecular weight excluding hydrogens is 522 g/mol. The fraction of sp³-hybridized carbons (Fsp3) is 0.357. The Labute approximate surface area is 226 Å². The number of furan rings is 1. The number of aromatic nitrogens is 1. The van der Waals surface area contributed by atoms with Gasteiger partial charge in [0.1, 0.15) is 17.0 Å². The van der Waals surface area contributed by atoms with Crippen molar-refractivity contribution in [2.45, 2.75) is 57.0 Å². The quantitative estimate of drug-likeness (QED) is 0.265. The third-order valence-electron chi connectivity index (χ3n) is 7.03. The first-order valence-corrected chi connectivity index (χ1v) is 15.0. The maximum Gasteiger partial charge on any atom is 0.260 e. The predicted octanol–water partition coefficient (Wildman–Crippen LogP) is 6.01. The van der Waals surface area contributed by atoms with Crippen molar-refractivity contribution in [3.05, 3.63) is 71.7 Å². The highest BCUT2D eigenvalue weighted by Gasteiger charge is 2.33. The van der Waals surface area contributed by atoms with Crippen molar-refractivity contribution in [2.24, 2.45) is 0 Å². The minimum atomic E-state index is -3.64. The van der Waals surface area contributed by atoms with Gasteiger partial charge in [0.05, 0.1) is 29.5 Å². The van der Waals surface area contributed by atoms with Gasteiger partial charge in [-0.05, 0) is 74.2 Å². The van der Waals surface area contributed by atoms with Crippen LogP contribution < -0.4 is 9.64 Å². The highest BCUT2D eigenvalue weighted by atomic mass is 32.2. The van der Waals surface area contributed by atoms with Gasteiger partial charge in [-0.15, -0.1) is 0 Å². The fourth-order valence-electron chi connectivity index (χ4n) is 4.92. The first-order valence-electron chi connectivity index (χ1n) is 12.7. The summed E-state index contributed by atoms with van der Waals surface area (Å²) in [6.07, 6.45) is 5.12. The van der Waals surface area contributed by atoms with Crippen molar-refractivity contribution < 1.29 is 22.4 Å². The van der Waals surface area contributed by atoms with E-state index in [1.54, 1.807) is 46.8 Å². The van der Waals surface area contributed by atoms with E-state index in [2.05, 4.69) is 0 Å². The topological polar surface area (TPSA) is 93.0 Å². The van der Waals surface area contributed by atoms with E-state index in [0.29, 0.717) is 34.3 Å². The van der Waals surface area contributed by atoms with E-state index in [1.807, 2.05) is 26.0 Å². The largest absolute Gasteiger partial charge is 0.494 e. The number of benzene rings is 2. The zero-order valence-electron chi connectivity index (χ0n) is 21.7. The monoisotopic (exact) mass is 553 g/mol. The number of piperidine rings is 1. The number of ether oxygens (including phenoxy) is 1. The summed E-state index contributed by atoms with van der Waals surface area (Å²) in [6.45, 7) is 4.72. The van der Waals surface area contributed by atoms with Crippen LogP contribution in [-0.4, -0.2) is 43.3 Å². The lowest BCUT2D eigenvalue weighted by Gasteiger charge is -2.34. The van der Waals surface area contributed by atoms with Crippen molar-refractivity contribution in [3.63, 3.8) is 0 Å². The minimum absolute atomic E-state index is 0.0123. The molecule has 0 N–H and O–H groups in total. The summed E-state index contributed by atoms with van der Waals surface area (Å²) in [7, 11) is -2.05. The molecule has 0 spiro atoms. The first-order chi connectivity index (χ1) is 18.3. The van der Waals surface area contributed by atoms with E-state index in [9.17, 15) is 13.2 Å². The molecule has 1 amide bonds. The minimum Gasteiger partial charge on any atom is -0.494 e. The maximum atomic E-state index is 13.8. The van der Waals surface area contributed by atoms with E-state index in [4.69, 9.17) is 14.1 Å². The molecule has 2 aromatic heterocycles. The maximum absolute atomic E-state index is 13.8. The lowest BCUT2D eigenvalue weighted by Crippen LogP contribution is -2.43. The summed E-state index contributed by atoms with van der Waals surface area (Å²) in [5.41, 5.74) is 2.09. The number of anilines is 1. The van der Waals surface area contributed by atoms with E-state index in [1.165, 1.54) is 23.5 Å². The van der Waals surface area contributed by atoms with Crippen LogP contribution in [0.2, 0.25) is 0 Å². The second kappa shape index (κ2) is 10.9. The second-order valence-electron chi connectivity index (χ2n) is 9.43. The number of rotatable bonds is 8. The van der Waals surface area contributed by atoms with Gasteiger partial charge in [-0.3, -0.25) is 9.69 Å². The third kappa shape index (κ3) is 4.95. The molecule has 0 saturated carbocycles. The van der Waals surface area contributed by atoms with Gasteiger partial charge in [-0.1, -0.05) is 30.7 Å². The summed E-state index contributed by atoms with van der Waals surface area (Å²) >= 11 is 1.41. The molecule has 5 rings (SSSR count). The van der Waals surface area contributed by atoms with E-state index in [-0.39, 0.29) is 23.4 Å². The predicted molar refractivity (Wildman–Crippen MR) is 148 cm³/mol. The zero-order valence-corrected chi connectivity index (χ0v) is 23.3. The van der Waals surface area contributed by atoms with Crippen LogP contribution >= 0.6 is 11.3 Å². The van der Waals surface area contributed by atoms with Crippen molar-refractivity contribution in [3.8, 4) is 5.75 Å². The number of aryl methyl sites for hydroxylation is 1. The Hall–Kier alpha value is -3.21. The molecule has 3 heterocycles. The van der Waals surface area contributed by atoms with Gasteiger partial charge in [-0.2, -0.15) is 4.31 Å². The normalized spacial score (nSPS) is 16.6. The van der Waals surface area contributed by atoms with Crippen LogP contribution in [0, 0.1) is 6.92 Å². The van der Waals surface area contributed by atoms with Gasteiger partial charge in [-0.25, -0.2) is 13.4 Å². The van der Waals surface area contributed by atoms with Gasteiger partial charge in [0, 0.05) is 18.2 Å². The summed E-state index contributed by atoms with van der Waals surface area (Å²) in [5, 5.41) is 0.504. The molecule has 0 bridgehead atoms. The smallest absolute Gasteiger partial charge is 0.260 e. The zero-order chi connectivity index (χ0) is 26.9. The first kappa shape index (κ1) is 26.4. The van der Waals surface area contributed by atoms with Crippen molar-refractivity contribution in [2.75, 3.05) is 18.6 Å². The Morgan fingerprint density at radius 1 is 1.18 bits per heavy atom. The molecule has 1 fully saturated rings. The Bertz CT molecular complexity index is 1530. The fourth-order valence-corrected chi connectivity index (χ4v) is 7.74. The highest BCUT2D eigenvalue weighted by Crippen LogP contribution is 2.37. The van der Waals surface area contributed by atoms with Crippen LogP contribution in [0.25, 0.3) is 10.2 Å². The van der Waals surface area contributed by atoms with Crippen molar-refractivity contribution in [1.29, 1.82) is 0 Å². The highest BCUT2D eigenvalue weighted by molar-refractivity contribution is 7.89. The van der Waals surface area contributed by atoms with Crippen LogP contribution in [-0.2, 0) is 16.6 Å². The number of fused-ring (bicyclic) bond motifs is 1. The Kier molecular flexibility index (Phi) is 7.56. The number of hydrogen-bond acceptors (Lipinski definition) is 7. The molecule has 10 heteroatoms. The Morgan fingerprint density at radius 2 is 1.97 bits per heavy atom. The van der Waals surface area contributed by atoms with Gasteiger partial charge in [0.25, 0.3) is 5.91 Å². The average molecular weight is 554 g/mol. The lowest BCUT2D eigenvalue weighted by atomic mass is 10.0. The number of nitrogens with zero attached hydrogens (tertiary/aromatic N) is 3.